The standard InChI is InChI=1S/C13H10F2N2O4/c14-6-3-5-10(8(15)9(6)16)17(4-1-2-4)12(19)7(11(5)18)13(20)21/h3-4,7H,1-2,16H2,(H,20,21). The highest BCUT2D eigenvalue weighted by molar-refractivity contribution is 6.30. The van der Waals surface area contributed by atoms with Gasteiger partial charge in [-0.05, 0) is 18.9 Å². The molecule has 1 atom stereocenters. The van der Waals surface area contributed by atoms with Crippen molar-refractivity contribution in [2.75, 3.05) is 10.6 Å². The summed E-state index contributed by atoms with van der Waals surface area (Å²) in [4.78, 5) is 36.3. The molecule has 1 fully saturated rings. The lowest BCUT2D eigenvalue weighted by atomic mass is 9.89. The van der Waals surface area contributed by atoms with Crippen LogP contribution in [-0.2, 0) is 9.59 Å². The van der Waals surface area contributed by atoms with Crippen LogP contribution in [0.2, 0.25) is 0 Å². The molecule has 1 aromatic rings. The zero-order valence-corrected chi connectivity index (χ0v) is 10.6. The number of carboxylic acids is 1. The number of nitrogens with zero attached hydrogens (tertiary/aromatic N) is 1. The van der Waals surface area contributed by atoms with Crippen LogP contribution >= 0.6 is 0 Å². The number of carbonyl (C=O) groups excluding carboxylic acids is 2. The molecule has 21 heavy (non-hydrogen) atoms. The Labute approximate surface area is 117 Å². The number of fused-ring (bicyclic) bond motifs is 1. The number of hydrogen-bond donors (Lipinski definition) is 2. The van der Waals surface area contributed by atoms with Crippen LogP contribution in [-0.4, -0.2) is 28.8 Å². The van der Waals surface area contributed by atoms with Crippen LogP contribution in [0.3, 0.4) is 0 Å². The first-order valence-corrected chi connectivity index (χ1v) is 6.22. The van der Waals surface area contributed by atoms with E-state index in [0.29, 0.717) is 18.9 Å². The second-order valence-electron chi connectivity index (χ2n) is 5.06. The van der Waals surface area contributed by atoms with Crippen LogP contribution in [0.1, 0.15) is 23.2 Å². The summed E-state index contributed by atoms with van der Waals surface area (Å²) in [5, 5.41) is 9.04. The van der Waals surface area contributed by atoms with Crippen LogP contribution in [0.5, 0.6) is 0 Å². The predicted octanol–water partition coefficient (Wildman–Crippen LogP) is 0.940. The number of carboxylic acid groups (broad SMARTS) is 1. The molecule has 0 radical (unpaired) electrons. The highest BCUT2D eigenvalue weighted by atomic mass is 19.1. The number of hydrogen-bond acceptors (Lipinski definition) is 4. The van der Waals surface area contributed by atoms with Crippen molar-refractivity contribution in [1.29, 1.82) is 0 Å². The van der Waals surface area contributed by atoms with Crippen molar-refractivity contribution in [3.05, 3.63) is 23.3 Å². The average molecular weight is 296 g/mol. The minimum Gasteiger partial charge on any atom is -0.480 e. The van der Waals surface area contributed by atoms with Crippen molar-refractivity contribution in [2.45, 2.75) is 18.9 Å². The third kappa shape index (κ3) is 1.78. The molecule has 1 unspecified atom stereocenters. The van der Waals surface area contributed by atoms with Crippen molar-refractivity contribution >= 4 is 29.0 Å². The van der Waals surface area contributed by atoms with Gasteiger partial charge in [-0.2, -0.15) is 0 Å². The van der Waals surface area contributed by atoms with Gasteiger partial charge in [-0.3, -0.25) is 14.4 Å². The van der Waals surface area contributed by atoms with Crippen molar-refractivity contribution in [2.24, 2.45) is 5.92 Å². The molecule has 6 nitrogen and oxygen atoms in total. The minimum atomic E-state index is -1.97. The van der Waals surface area contributed by atoms with Gasteiger partial charge in [0.2, 0.25) is 5.91 Å². The Morgan fingerprint density at radius 1 is 1.33 bits per heavy atom. The Bertz CT molecular complexity index is 700. The number of benzene rings is 1. The van der Waals surface area contributed by atoms with E-state index in [1.807, 2.05) is 0 Å². The molecule has 0 saturated heterocycles. The first-order valence-electron chi connectivity index (χ1n) is 6.22. The lowest BCUT2D eigenvalue weighted by Crippen LogP contribution is -2.49. The molecule has 1 saturated carbocycles. The minimum absolute atomic E-state index is 0.384. The van der Waals surface area contributed by atoms with Gasteiger partial charge in [0.05, 0.1) is 5.69 Å². The van der Waals surface area contributed by atoms with Crippen LogP contribution < -0.4 is 10.6 Å². The fourth-order valence-electron chi connectivity index (χ4n) is 2.48. The Morgan fingerprint density at radius 2 is 1.95 bits per heavy atom. The molecular weight excluding hydrogens is 286 g/mol. The fraction of sp³-hybridized carbons (Fsp3) is 0.308. The van der Waals surface area contributed by atoms with Gasteiger partial charge in [-0.1, -0.05) is 0 Å². The molecule has 3 N–H and O–H groups in total. The Hall–Kier alpha value is -2.51. The normalized spacial score (nSPS) is 21.4. The molecule has 1 aromatic carbocycles. The molecule has 0 bridgehead atoms. The first-order chi connectivity index (χ1) is 9.84. The lowest BCUT2D eigenvalue weighted by Gasteiger charge is -2.32. The number of aliphatic carboxylic acids is 1. The number of nitrogens with two attached hydrogens (primary N) is 1. The number of carbonyl (C=O) groups is 3. The molecule has 0 aromatic heterocycles. The summed E-state index contributed by atoms with van der Waals surface area (Å²) in [7, 11) is 0. The molecular formula is C13H10F2N2O4. The highest BCUT2D eigenvalue weighted by Crippen LogP contribution is 2.42. The summed E-state index contributed by atoms with van der Waals surface area (Å²) in [6.45, 7) is 0. The van der Waals surface area contributed by atoms with E-state index in [1.165, 1.54) is 0 Å². The van der Waals surface area contributed by atoms with Gasteiger partial charge in [0.15, 0.2) is 17.5 Å². The van der Waals surface area contributed by atoms with Gasteiger partial charge in [0.1, 0.15) is 11.5 Å². The van der Waals surface area contributed by atoms with E-state index >= 15 is 0 Å². The monoisotopic (exact) mass is 296 g/mol. The van der Waals surface area contributed by atoms with E-state index in [0.717, 1.165) is 4.90 Å². The molecule has 0 spiro atoms. The summed E-state index contributed by atoms with van der Waals surface area (Å²) in [5.74, 6) is -8.11. The maximum absolute atomic E-state index is 14.2. The largest absolute Gasteiger partial charge is 0.480 e. The summed E-state index contributed by atoms with van der Waals surface area (Å²) in [5.41, 5.74) is 3.59. The number of nitrogen functional groups attached to an aromatic ring is 1. The maximum atomic E-state index is 14.2. The summed E-state index contributed by atoms with van der Waals surface area (Å²) < 4.78 is 27.7. The van der Waals surface area contributed by atoms with Crippen molar-refractivity contribution in [3.63, 3.8) is 0 Å². The highest BCUT2D eigenvalue weighted by Gasteiger charge is 2.50. The quantitative estimate of drug-likeness (QED) is 0.625. The van der Waals surface area contributed by atoms with Crippen LogP contribution in [0.4, 0.5) is 20.2 Å². The molecule has 1 heterocycles. The third-order valence-corrected chi connectivity index (χ3v) is 3.64. The molecule has 1 amide bonds. The van der Waals surface area contributed by atoms with Crippen LogP contribution in [0, 0.1) is 17.6 Å². The van der Waals surface area contributed by atoms with Crippen molar-refractivity contribution in [1.82, 2.24) is 0 Å². The van der Waals surface area contributed by atoms with Gasteiger partial charge in [0.25, 0.3) is 0 Å². The first kappa shape index (κ1) is 13.5. The van der Waals surface area contributed by atoms with Crippen molar-refractivity contribution < 1.29 is 28.3 Å². The zero-order valence-electron chi connectivity index (χ0n) is 10.6. The second kappa shape index (κ2) is 4.24. The summed E-state index contributed by atoms with van der Waals surface area (Å²) >= 11 is 0. The van der Waals surface area contributed by atoms with Gasteiger partial charge in [-0.25, -0.2) is 8.78 Å². The van der Waals surface area contributed by atoms with E-state index < -0.39 is 52.2 Å². The van der Waals surface area contributed by atoms with E-state index in [9.17, 15) is 23.2 Å². The van der Waals surface area contributed by atoms with Crippen molar-refractivity contribution in [3.8, 4) is 0 Å². The summed E-state index contributed by atoms with van der Waals surface area (Å²) in [6, 6.07) is 0.305. The average Bonchev–Trinajstić information content (AvgIpc) is 3.22. The van der Waals surface area contributed by atoms with Crippen LogP contribution in [0.15, 0.2) is 6.07 Å². The Kier molecular flexibility index (Phi) is 2.72. The number of halogens is 2. The zero-order chi connectivity index (χ0) is 15.5. The molecule has 2 aliphatic rings. The van der Waals surface area contributed by atoms with E-state index in [-0.39, 0.29) is 6.04 Å². The topological polar surface area (TPSA) is 101 Å². The van der Waals surface area contributed by atoms with Gasteiger partial charge in [0, 0.05) is 11.6 Å². The van der Waals surface area contributed by atoms with Crippen LogP contribution in [0.25, 0.3) is 0 Å². The predicted molar refractivity (Wildman–Crippen MR) is 66.7 cm³/mol. The van der Waals surface area contributed by atoms with E-state index in [2.05, 4.69) is 0 Å². The maximum Gasteiger partial charge on any atom is 0.324 e. The number of ketones is 1. The lowest BCUT2D eigenvalue weighted by molar-refractivity contribution is -0.144. The molecule has 1 aliphatic carbocycles. The second-order valence-corrected chi connectivity index (χ2v) is 5.06. The molecule has 110 valence electrons. The number of amides is 1. The van der Waals surface area contributed by atoms with Gasteiger partial charge >= 0.3 is 5.97 Å². The SMILES string of the molecule is Nc1c(F)cc2c(c1F)N(C1CC1)C(=O)C(C(=O)O)C2=O. The number of Topliss-reactive ketones (excluding diaryl/α,β-unsaturated/α-hetero) is 1. The van der Waals surface area contributed by atoms with E-state index in [1.54, 1.807) is 0 Å². The molecule has 1 aliphatic heterocycles. The smallest absolute Gasteiger partial charge is 0.324 e. The third-order valence-electron chi connectivity index (χ3n) is 3.64. The Morgan fingerprint density at radius 3 is 2.48 bits per heavy atom. The summed E-state index contributed by atoms with van der Waals surface area (Å²) in [6.07, 6.45) is 1.12. The van der Waals surface area contributed by atoms with E-state index in [4.69, 9.17) is 10.8 Å². The Balaban J connectivity index is 2.28. The molecule has 8 heteroatoms. The van der Waals surface area contributed by atoms with Gasteiger partial charge in [-0.15, -0.1) is 0 Å². The number of anilines is 2. The number of rotatable bonds is 2. The molecule has 3 rings (SSSR count). The van der Waals surface area contributed by atoms with Gasteiger partial charge < -0.3 is 15.7 Å². The fourth-order valence-corrected chi connectivity index (χ4v) is 2.48.